The van der Waals surface area contributed by atoms with Gasteiger partial charge in [-0.25, -0.2) is 4.79 Å². The van der Waals surface area contributed by atoms with Crippen molar-refractivity contribution < 1.29 is 24.2 Å². The number of carboxylic acids is 1. The van der Waals surface area contributed by atoms with Crippen molar-refractivity contribution in [3.8, 4) is 11.5 Å². The molecule has 0 saturated carbocycles. The van der Waals surface area contributed by atoms with E-state index in [-0.39, 0.29) is 4.32 Å². The normalized spacial score (nSPS) is 15.9. The first-order valence-electron chi connectivity index (χ1n) is 10.8. The Kier molecular flexibility index (Phi) is 8.52. The van der Waals surface area contributed by atoms with Gasteiger partial charge in [-0.3, -0.25) is 9.69 Å². The van der Waals surface area contributed by atoms with Gasteiger partial charge in [0.2, 0.25) is 0 Å². The van der Waals surface area contributed by atoms with E-state index < -0.39 is 17.9 Å². The molecule has 1 atom stereocenters. The van der Waals surface area contributed by atoms with Gasteiger partial charge in [0.15, 0.2) is 17.5 Å². The standard InChI is InChI=1S/C25H27NO5S2/c1-4-30-20-14-17(10-11-19(20)31-13-12-16(2)3)15-21-23(27)26(25(32)33-21)22(24(28)29)18-8-6-5-7-9-18/h5-11,14-16,22H,4,12-13H2,1-3H3,(H,28,29)/b21-15+. The molecule has 1 heterocycles. The van der Waals surface area contributed by atoms with Crippen LogP contribution in [0.4, 0.5) is 0 Å². The van der Waals surface area contributed by atoms with E-state index in [2.05, 4.69) is 13.8 Å². The average Bonchev–Trinajstić information content (AvgIpc) is 3.04. The van der Waals surface area contributed by atoms with Crippen LogP contribution < -0.4 is 9.47 Å². The summed E-state index contributed by atoms with van der Waals surface area (Å²) >= 11 is 6.47. The predicted molar refractivity (Wildman–Crippen MR) is 134 cm³/mol. The van der Waals surface area contributed by atoms with Gasteiger partial charge in [-0.15, -0.1) is 0 Å². The first-order chi connectivity index (χ1) is 15.8. The van der Waals surface area contributed by atoms with Gasteiger partial charge >= 0.3 is 5.97 Å². The van der Waals surface area contributed by atoms with Crippen LogP contribution in [-0.2, 0) is 9.59 Å². The van der Waals surface area contributed by atoms with E-state index in [9.17, 15) is 14.7 Å². The number of carboxylic acid groups (broad SMARTS) is 1. The minimum Gasteiger partial charge on any atom is -0.490 e. The molecule has 1 fully saturated rings. The molecule has 0 aliphatic carbocycles. The molecule has 6 nitrogen and oxygen atoms in total. The molecule has 1 saturated heterocycles. The fourth-order valence-corrected chi connectivity index (χ4v) is 4.61. The molecule has 1 aliphatic rings. The Bertz CT molecular complexity index is 1050. The number of rotatable bonds is 10. The number of carbonyl (C=O) groups is 2. The summed E-state index contributed by atoms with van der Waals surface area (Å²) in [4.78, 5) is 26.7. The number of amides is 1. The minimum atomic E-state index is -1.18. The van der Waals surface area contributed by atoms with Gasteiger partial charge in [0, 0.05) is 0 Å². The number of carbonyl (C=O) groups excluding carboxylic acids is 1. The highest BCUT2D eigenvalue weighted by Gasteiger charge is 2.41. The first-order valence-corrected chi connectivity index (χ1v) is 12.0. The van der Waals surface area contributed by atoms with E-state index >= 15 is 0 Å². The monoisotopic (exact) mass is 485 g/mol. The van der Waals surface area contributed by atoms with Crippen LogP contribution in [0.1, 0.15) is 44.4 Å². The Morgan fingerprint density at radius 3 is 2.52 bits per heavy atom. The van der Waals surface area contributed by atoms with Crippen molar-refractivity contribution in [3.63, 3.8) is 0 Å². The molecule has 2 aromatic carbocycles. The maximum absolute atomic E-state index is 13.2. The fourth-order valence-electron chi connectivity index (χ4n) is 3.30. The maximum atomic E-state index is 13.2. The lowest BCUT2D eigenvalue weighted by molar-refractivity contribution is -0.145. The van der Waals surface area contributed by atoms with E-state index in [1.165, 1.54) is 0 Å². The van der Waals surface area contributed by atoms with Gasteiger partial charge < -0.3 is 14.6 Å². The number of aliphatic carboxylic acids is 1. The third-order valence-corrected chi connectivity index (χ3v) is 6.28. The SMILES string of the molecule is CCOc1cc(/C=C2/SC(=S)N(C(C(=O)O)c3ccccc3)C2=O)ccc1OCCC(C)C. The zero-order chi connectivity index (χ0) is 24.0. The van der Waals surface area contributed by atoms with Crippen molar-refractivity contribution >= 4 is 46.3 Å². The van der Waals surface area contributed by atoms with E-state index in [0.717, 1.165) is 28.6 Å². The van der Waals surface area contributed by atoms with Crippen LogP contribution >= 0.6 is 24.0 Å². The van der Waals surface area contributed by atoms with Crippen molar-refractivity contribution in [1.29, 1.82) is 0 Å². The summed E-state index contributed by atoms with van der Waals surface area (Å²) in [5.74, 6) is 0.208. The molecule has 174 valence electrons. The lowest BCUT2D eigenvalue weighted by Crippen LogP contribution is -2.37. The third kappa shape index (κ3) is 6.15. The number of benzene rings is 2. The van der Waals surface area contributed by atoms with Gasteiger partial charge in [0.05, 0.1) is 18.1 Å². The van der Waals surface area contributed by atoms with Gasteiger partial charge in [0.1, 0.15) is 4.32 Å². The maximum Gasteiger partial charge on any atom is 0.331 e. The zero-order valence-corrected chi connectivity index (χ0v) is 20.4. The topological polar surface area (TPSA) is 76.1 Å². The minimum absolute atomic E-state index is 0.209. The van der Waals surface area contributed by atoms with Crippen molar-refractivity contribution in [2.75, 3.05) is 13.2 Å². The number of ether oxygens (including phenoxy) is 2. The lowest BCUT2D eigenvalue weighted by Gasteiger charge is -2.23. The quantitative estimate of drug-likeness (QED) is 0.350. The van der Waals surface area contributed by atoms with Crippen LogP contribution in [0.15, 0.2) is 53.4 Å². The molecule has 0 aromatic heterocycles. The fraction of sp³-hybridized carbons (Fsp3) is 0.320. The Morgan fingerprint density at radius 1 is 1.15 bits per heavy atom. The second-order valence-electron chi connectivity index (χ2n) is 7.87. The largest absolute Gasteiger partial charge is 0.490 e. The highest BCUT2D eigenvalue weighted by Crippen LogP contribution is 2.39. The molecule has 1 aliphatic heterocycles. The summed E-state index contributed by atoms with van der Waals surface area (Å²) in [6, 6.07) is 12.9. The summed E-state index contributed by atoms with van der Waals surface area (Å²) < 4.78 is 11.8. The number of nitrogens with zero attached hydrogens (tertiary/aromatic N) is 1. The van der Waals surface area contributed by atoms with Crippen LogP contribution in [0.5, 0.6) is 11.5 Å². The lowest BCUT2D eigenvalue weighted by atomic mass is 10.1. The molecule has 8 heteroatoms. The molecule has 1 amide bonds. The smallest absolute Gasteiger partial charge is 0.331 e. The van der Waals surface area contributed by atoms with Crippen LogP contribution in [-0.4, -0.2) is 39.4 Å². The average molecular weight is 486 g/mol. The second-order valence-corrected chi connectivity index (χ2v) is 9.55. The number of hydrogen-bond acceptors (Lipinski definition) is 6. The van der Waals surface area contributed by atoms with E-state index in [0.29, 0.717) is 41.1 Å². The van der Waals surface area contributed by atoms with Crippen LogP contribution in [0.3, 0.4) is 0 Å². The molecular weight excluding hydrogens is 458 g/mol. The van der Waals surface area contributed by atoms with E-state index in [1.807, 2.05) is 25.1 Å². The summed E-state index contributed by atoms with van der Waals surface area (Å²) in [6.45, 7) is 7.23. The molecule has 1 unspecified atom stereocenters. The van der Waals surface area contributed by atoms with Crippen molar-refractivity contribution in [2.45, 2.75) is 33.2 Å². The van der Waals surface area contributed by atoms with Gasteiger partial charge in [-0.05, 0) is 48.6 Å². The molecule has 0 spiro atoms. The number of thioether (sulfide) groups is 1. The zero-order valence-electron chi connectivity index (χ0n) is 18.8. The van der Waals surface area contributed by atoms with Crippen molar-refractivity contribution in [1.82, 2.24) is 4.90 Å². The van der Waals surface area contributed by atoms with Gasteiger partial charge in [0.25, 0.3) is 5.91 Å². The summed E-state index contributed by atoms with van der Waals surface area (Å²) in [7, 11) is 0. The second kappa shape index (κ2) is 11.3. The summed E-state index contributed by atoms with van der Waals surface area (Å²) in [5.41, 5.74) is 1.23. The Labute approximate surface area is 203 Å². The first kappa shape index (κ1) is 24.8. The highest BCUT2D eigenvalue weighted by molar-refractivity contribution is 8.26. The van der Waals surface area contributed by atoms with Gasteiger partial charge in [-0.2, -0.15) is 0 Å². The highest BCUT2D eigenvalue weighted by atomic mass is 32.2. The summed E-state index contributed by atoms with van der Waals surface area (Å²) in [5, 5.41) is 9.82. The van der Waals surface area contributed by atoms with Crippen LogP contribution in [0, 0.1) is 5.92 Å². The molecule has 0 bridgehead atoms. The molecule has 33 heavy (non-hydrogen) atoms. The summed E-state index contributed by atoms with van der Waals surface area (Å²) in [6.07, 6.45) is 2.63. The number of hydrogen-bond donors (Lipinski definition) is 1. The molecule has 0 radical (unpaired) electrons. The Hall–Kier alpha value is -2.84. The molecular formula is C25H27NO5S2. The number of thiocarbonyl (C=S) groups is 1. The third-order valence-electron chi connectivity index (χ3n) is 4.95. The van der Waals surface area contributed by atoms with Crippen molar-refractivity contribution in [3.05, 3.63) is 64.6 Å². The van der Waals surface area contributed by atoms with E-state index in [1.54, 1.807) is 36.4 Å². The predicted octanol–water partition coefficient (Wildman–Crippen LogP) is 5.54. The van der Waals surface area contributed by atoms with E-state index in [4.69, 9.17) is 21.7 Å². The Balaban J connectivity index is 1.86. The van der Waals surface area contributed by atoms with Gasteiger partial charge in [-0.1, -0.05) is 74.2 Å². The van der Waals surface area contributed by atoms with Crippen LogP contribution in [0.25, 0.3) is 6.08 Å². The molecule has 1 N–H and O–H groups in total. The van der Waals surface area contributed by atoms with Crippen LogP contribution in [0.2, 0.25) is 0 Å². The Morgan fingerprint density at radius 2 is 1.88 bits per heavy atom. The molecule has 3 rings (SSSR count). The van der Waals surface area contributed by atoms with Crippen molar-refractivity contribution in [2.24, 2.45) is 5.92 Å². The molecule has 2 aromatic rings.